The summed E-state index contributed by atoms with van der Waals surface area (Å²) in [5.41, 5.74) is 13.9. The molecule has 5 heteroatoms. The topological polar surface area (TPSA) is 30.7 Å². The van der Waals surface area contributed by atoms with Gasteiger partial charge in [0.05, 0.1) is 28.2 Å². The van der Waals surface area contributed by atoms with Gasteiger partial charge in [-0.15, -0.1) is 28.8 Å². The fraction of sp³-hybridized carbons (Fsp3) is 0.333. The Morgan fingerprint density at radius 2 is 1.32 bits per heavy atom. The van der Waals surface area contributed by atoms with Crippen molar-refractivity contribution in [2.75, 3.05) is 0 Å². The molecular formula is C45H47N3PtS. The predicted octanol–water partition coefficient (Wildman–Crippen LogP) is 11.8. The van der Waals surface area contributed by atoms with Gasteiger partial charge in [-0.2, -0.15) is 4.90 Å². The zero-order valence-corrected chi connectivity index (χ0v) is 34.2. The molecule has 0 atom stereocenters. The molecule has 0 N–H and O–H groups in total. The zero-order valence-electron chi connectivity index (χ0n) is 31.1. The maximum absolute atomic E-state index is 5.94. The smallest absolute Gasteiger partial charge is 0.779 e. The third-order valence-corrected chi connectivity index (χ3v) is 10.4. The summed E-state index contributed by atoms with van der Waals surface area (Å²) >= 11 is 5.94. The van der Waals surface area contributed by atoms with E-state index >= 15 is 0 Å². The Labute approximate surface area is 318 Å². The molecule has 0 unspecified atom stereocenters. The molecule has 0 amide bonds. The standard InChI is InChI=1S/C45H48N3S.Pt/c1-42(2,3)29-23-33-39(34(24-29)44(7,8)9)45(10,11)48-37-19-15-18-31(40(37)47-41(33)48)35-25-30(43(4,5)6)26-36(46-35)32-22-28(20-21-38(32)49)27-16-13-12-14-17-27;/h12-22,24-26,49H,1-11H3;/q-1;+2/p-1. The number of imidazole rings is 1. The average Bonchev–Trinajstić information content (AvgIpc) is 3.53. The van der Waals surface area contributed by atoms with Gasteiger partial charge >= 0.3 is 21.1 Å². The van der Waals surface area contributed by atoms with Crippen LogP contribution in [0.2, 0.25) is 0 Å². The molecule has 3 heterocycles. The van der Waals surface area contributed by atoms with Gasteiger partial charge in [-0.1, -0.05) is 122 Å². The number of pyridine rings is 1. The number of para-hydroxylation sites is 1. The molecule has 50 heavy (non-hydrogen) atoms. The number of aromatic nitrogens is 3. The van der Waals surface area contributed by atoms with Crippen molar-refractivity contribution < 1.29 is 21.1 Å². The van der Waals surface area contributed by atoms with Gasteiger partial charge in [0.1, 0.15) is 0 Å². The molecule has 258 valence electrons. The summed E-state index contributed by atoms with van der Waals surface area (Å²) in [5.74, 6) is 0.981. The van der Waals surface area contributed by atoms with E-state index in [1.54, 1.807) is 0 Å². The number of rotatable bonds is 3. The van der Waals surface area contributed by atoms with E-state index in [2.05, 4.69) is 160 Å². The molecular weight excluding hydrogens is 810 g/mol. The van der Waals surface area contributed by atoms with Crippen LogP contribution in [-0.2, 0) is 55.5 Å². The van der Waals surface area contributed by atoms with Crippen molar-refractivity contribution in [1.29, 1.82) is 0 Å². The fourth-order valence-corrected chi connectivity index (χ4v) is 7.55. The van der Waals surface area contributed by atoms with E-state index in [4.69, 9.17) is 22.6 Å². The molecule has 0 spiro atoms. The van der Waals surface area contributed by atoms with Gasteiger partial charge in [0, 0.05) is 11.1 Å². The Morgan fingerprint density at radius 1 is 0.660 bits per heavy atom. The molecule has 1 aliphatic rings. The monoisotopic (exact) mass is 856 g/mol. The van der Waals surface area contributed by atoms with Crippen LogP contribution in [0, 0.1) is 6.07 Å². The van der Waals surface area contributed by atoms with Gasteiger partial charge in [0.15, 0.2) is 0 Å². The minimum Gasteiger partial charge on any atom is -0.779 e. The van der Waals surface area contributed by atoms with Crippen LogP contribution in [0.1, 0.15) is 98.4 Å². The first-order chi connectivity index (χ1) is 22.9. The summed E-state index contributed by atoms with van der Waals surface area (Å²) in [6.07, 6.45) is 0. The fourth-order valence-electron chi connectivity index (χ4n) is 7.31. The van der Waals surface area contributed by atoms with Crippen LogP contribution in [-0.4, -0.2) is 14.5 Å². The molecule has 0 radical (unpaired) electrons. The Kier molecular flexibility index (Phi) is 8.89. The van der Waals surface area contributed by atoms with Crippen LogP contribution >= 0.6 is 0 Å². The van der Waals surface area contributed by atoms with Gasteiger partial charge < -0.3 is 17.2 Å². The SMILES string of the molecule is CC(C)(C)c1[c-]c2c(c(C(C)(C)C)c1)C(C)(C)n1c-2nc2c(-c3cc(C(C)(C)C)cc(-c4cc(-c5ccccc5)ccc4[S-])n3)cccc21.[Pt+2]. The predicted molar refractivity (Wildman–Crippen MR) is 208 cm³/mol. The second-order valence-electron chi connectivity index (χ2n) is 17.3. The van der Waals surface area contributed by atoms with Crippen molar-refractivity contribution in [3.63, 3.8) is 0 Å². The summed E-state index contributed by atoms with van der Waals surface area (Å²) in [7, 11) is 0. The second-order valence-corrected chi connectivity index (χ2v) is 17.7. The zero-order chi connectivity index (χ0) is 35.3. The number of nitrogens with zero attached hydrogens (tertiary/aromatic N) is 3. The van der Waals surface area contributed by atoms with Crippen LogP contribution in [0.3, 0.4) is 0 Å². The normalized spacial score (nSPS) is 14.0. The molecule has 3 nitrogen and oxygen atoms in total. The van der Waals surface area contributed by atoms with Crippen LogP contribution < -0.4 is 0 Å². The van der Waals surface area contributed by atoms with E-state index in [1.807, 2.05) is 12.1 Å². The average molecular weight is 857 g/mol. The third kappa shape index (κ3) is 6.07. The van der Waals surface area contributed by atoms with Gasteiger partial charge in [0.2, 0.25) is 0 Å². The van der Waals surface area contributed by atoms with Crippen molar-refractivity contribution in [2.24, 2.45) is 0 Å². The molecule has 2 aromatic heterocycles. The van der Waals surface area contributed by atoms with Gasteiger partial charge in [-0.25, -0.2) is 4.98 Å². The summed E-state index contributed by atoms with van der Waals surface area (Å²) in [5, 5.41) is 0. The van der Waals surface area contributed by atoms with E-state index < -0.39 is 0 Å². The summed E-state index contributed by atoms with van der Waals surface area (Å²) in [6, 6.07) is 34.1. The van der Waals surface area contributed by atoms with Crippen LogP contribution in [0.4, 0.5) is 0 Å². The minimum atomic E-state index is -0.311. The molecule has 0 fully saturated rings. The van der Waals surface area contributed by atoms with Crippen molar-refractivity contribution >= 4 is 23.7 Å². The summed E-state index contributed by atoms with van der Waals surface area (Å²) in [4.78, 5) is 11.6. The van der Waals surface area contributed by atoms with Crippen molar-refractivity contribution in [3.05, 3.63) is 113 Å². The van der Waals surface area contributed by atoms with Crippen molar-refractivity contribution in [3.8, 4) is 45.0 Å². The maximum atomic E-state index is 5.94. The van der Waals surface area contributed by atoms with E-state index in [9.17, 15) is 0 Å². The first kappa shape index (κ1) is 36.2. The quantitative estimate of drug-likeness (QED) is 0.131. The summed E-state index contributed by atoms with van der Waals surface area (Å²) in [6.45, 7) is 25.2. The van der Waals surface area contributed by atoms with Gasteiger partial charge in [-0.3, -0.25) is 4.98 Å². The van der Waals surface area contributed by atoms with Crippen molar-refractivity contribution in [2.45, 2.75) is 103 Å². The van der Waals surface area contributed by atoms with Crippen LogP contribution in [0.15, 0.2) is 89.8 Å². The largest absolute Gasteiger partial charge is 2.00 e. The van der Waals surface area contributed by atoms with E-state index in [0.717, 1.165) is 61.0 Å². The third-order valence-electron chi connectivity index (χ3n) is 10.1. The Bertz CT molecular complexity index is 2260. The first-order valence-corrected chi connectivity index (χ1v) is 17.8. The molecule has 7 rings (SSSR count). The molecule has 0 saturated heterocycles. The molecule has 6 aromatic rings. The molecule has 4 aromatic carbocycles. The van der Waals surface area contributed by atoms with E-state index in [1.165, 1.54) is 22.3 Å². The van der Waals surface area contributed by atoms with Crippen LogP contribution in [0.25, 0.3) is 56.1 Å². The molecule has 0 aliphatic carbocycles. The minimum absolute atomic E-state index is 0. The number of fused-ring (bicyclic) bond motifs is 5. The number of hydrogen-bond donors (Lipinski definition) is 0. The second kappa shape index (κ2) is 12.3. The Hall–Kier alpha value is -3.59. The first-order valence-electron chi connectivity index (χ1n) is 17.4. The van der Waals surface area contributed by atoms with E-state index in [0.29, 0.717) is 0 Å². The number of hydrogen-bond acceptors (Lipinski definition) is 3. The number of benzene rings is 4. The van der Waals surface area contributed by atoms with Gasteiger partial charge in [0.25, 0.3) is 0 Å². The van der Waals surface area contributed by atoms with Gasteiger partial charge in [-0.05, 0) is 76.6 Å². The molecule has 0 bridgehead atoms. The molecule has 1 aliphatic heterocycles. The Morgan fingerprint density at radius 3 is 1.94 bits per heavy atom. The molecule has 0 saturated carbocycles. The Balaban J connectivity index is 0.00000432. The summed E-state index contributed by atoms with van der Waals surface area (Å²) < 4.78 is 2.44. The maximum Gasteiger partial charge on any atom is 2.00 e. The van der Waals surface area contributed by atoms with E-state index in [-0.39, 0.29) is 42.8 Å². The van der Waals surface area contributed by atoms with Crippen LogP contribution in [0.5, 0.6) is 0 Å². The van der Waals surface area contributed by atoms with Crippen molar-refractivity contribution in [1.82, 2.24) is 14.5 Å².